The van der Waals surface area contributed by atoms with Gasteiger partial charge in [0, 0.05) is 49.3 Å². The van der Waals surface area contributed by atoms with Gasteiger partial charge in [-0.15, -0.1) is 22.7 Å². The molecule has 1 aliphatic heterocycles. The van der Waals surface area contributed by atoms with E-state index in [9.17, 15) is 0 Å². The summed E-state index contributed by atoms with van der Waals surface area (Å²) < 4.78 is 0. The summed E-state index contributed by atoms with van der Waals surface area (Å²) in [5.41, 5.74) is 0. The Morgan fingerprint density at radius 2 is 1.35 bits per heavy atom. The van der Waals surface area contributed by atoms with Gasteiger partial charge in [0.05, 0.1) is 0 Å². The highest BCUT2D eigenvalue weighted by molar-refractivity contribution is 7.13. The van der Waals surface area contributed by atoms with Crippen molar-refractivity contribution in [1.82, 2.24) is 9.97 Å². The first kappa shape index (κ1) is 11.0. The zero-order valence-electron chi connectivity index (χ0n) is 9.45. The molecule has 0 atom stereocenters. The van der Waals surface area contributed by atoms with E-state index in [2.05, 4.69) is 19.8 Å². The van der Waals surface area contributed by atoms with Gasteiger partial charge in [-0.25, -0.2) is 9.97 Å². The standard InChI is InChI=1S/C11H14N4S2/c1-4-14(10-12-2-8-16-10)6-7-15(5-1)11-13-3-9-17-11/h2-3,8-9H,1,4-7H2. The molecule has 0 N–H and O–H groups in total. The van der Waals surface area contributed by atoms with Crippen LogP contribution in [-0.2, 0) is 0 Å². The van der Waals surface area contributed by atoms with E-state index in [1.54, 1.807) is 22.7 Å². The first-order valence-electron chi connectivity index (χ1n) is 5.72. The average Bonchev–Trinajstić information content (AvgIpc) is 2.99. The molecule has 0 aromatic carbocycles. The highest BCUT2D eigenvalue weighted by Crippen LogP contribution is 2.22. The lowest BCUT2D eigenvalue weighted by atomic mass is 10.4. The number of thiazole rings is 2. The Labute approximate surface area is 109 Å². The van der Waals surface area contributed by atoms with Gasteiger partial charge in [0.15, 0.2) is 10.3 Å². The lowest BCUT2D eigenvalue weighted by molar-refractivity contribution is 0.802. The quantitative estimate of drug-likeness (QED) is 0.835. The van der Waals surface area contributed by atoms with Gasteiger partial charge in [-0.3, -0.25) is 0 Å². The third kappa shape index (κ3) is 2.42. The number of hydrogen-bond donors (Lipinski definition) is 0. The average molecular weight is 266 g/mol. The summed E-state index contributed by atoms with van der Waals surface area (Å²) in [4.78, 5) is 13.5. The van der Waals surface area contributed by atoms with Crippen molar-refractivity contribution in [2.24, 2.45) is 0 Å². The molecule has 4 nitrogen and oxygen atoms in total. The van der Waals surface area contributed by atoms with Crippen molar-refractivity contribution in [3.63, 3.8) is 0 Å². The van der Waals surface area contributed by atoms with E-state index < -0.39 is 0 Å². The van der Waals surface area contributed by atoms with Crippen molar-refractivity contribution in [1.29, 1.82) is 0 Å². The van der Waals surface area contributed by atoms with E-state index in [0.29, 0.717) is 0 Å². The maximum Gasteiger partial charge on any atom is 0.185 e. The SMILES string of the molecule is c1csc(N2CCCN(c3nccs3)CC2)n1. The molecule has 90 valence electrons. The molecule has 1 saturated heterocycles. The van der Waals surface area contributed by atoms with Gasteiger partial charge in [-0.05, 0) is 6.42 Å². The molecule has 0 bridgehead atoms. The molecule has 2 aromatic rings. The van der Waals surface area contributed by atoms with E-state index >= 15 is 0 Å². The van der Waals surface area contributed by atoms with Gasteiger partial charge in [0.2, 0.25) is 0 Å². The molecule has 0 radical (unpaired) electrons. The molecular weight excluding hydrogens is 252 g/mol. The van der Waals surface area contributed by atoms with Crippen molar-refractivity contribution in [2.75, 3.05) is 36.0 Å². The second-order valence-corrected chi connectivity index (χ2v) is 5.70. The second kappa shape index (κ2) is 5.01. The van der Waals surface area contributed by atoms with Crippen molar-refractivity contribution in [2.45, 2.75) is 6.42 Å². The number of aromatic nitrogens is 2. The fourth-order valence-corrected chi connectivity index (χ4v) is 3.44. The summed E-state index contributed by atoms with van der Waals surface area (Å²) in [6, 6.07) is 0. The Morgan fingerprint density at radius 3 is 1.76 bits per heavy atom. The zero-order valence-corrected chi connectivity index (χ0v) is 11.1. The Morgan fingerprint density at radius 1 is 0.824 bits per heavy atom. The third-order valence-electron chi connectivity index (χ3n) is 2.88. The smallest absolute Gasteiger partial charge is 0.185 e. The first-order valence-corrected chi connectivity index (χ1v) is 7.48. The lowest BCUT2D eigenvalue weighted by Gasteiger charge is -2.20. The molecule has 2 aromatic heterocycles. The predicted octanol–water partition coefficient (Wildman–Crippen LogP) is 2.32. The fourth-order valence-electron chi connectivity index (χ4n) is 2.04. The van der Waals surface area contributed by atoms with E-state index in [0.717, 1.165) is 36.4 Å². The topological polar surface area (TPSA) is 32.3 Å². The predicted molar refractivity (Wildman–Crippen MR) is 73.3 cm³/mol. The number of nitrogens with zero attached hydrogens (tertiary/aromatic N) is 4. The maximum absolute atomic E-state index is 4.38. The molecule has 17 heavy (non-hydrogen) atoms. The molecule has 6 heteroatoms. The molecular formula is C11H14N4S2. The number of anilines is 2. The van der Waals surface area contributed by atoms with Crippen LogP contribution >= 0.6 is 22.7 Å². The van der Waals surface area contributed by atoms with Gasteiger partial charge < -0.3 is 9.80 Å². The van der Waals surface area contributed by atoms with Crippen LogP contribution in [0.15, 0.2) is 23.2 Å². The number of rotatable bonds is 2. The minimum Gasteiger partial charge on any atom is -0.346 e. The Bertz CT molecular complexity index is 398. The summed E-state index contributed by atoms with van der Waals surface area (Å²) in [5.74, 6) is 0. The molecule has 0 aliphatic carbocycles. The summed E-state index contributed by atoms with van der Waals surface area (Å²) in [6.45, 7) is 4.25. The Hall–Kier alpha value is -1.14. The van der Waals surface area contributed by atoms with Gasteiger partial charge in [-0.1, -0.05) is 0 Å². The van der Waals surface area contributed by atoms with Crippen molar-refractivity contribution >= 4 is 32.9 Å². The second-order valence-electron chi connectivity index (χ2n) is 3.96. The molecule has 0 spiro atoms. The highest BCUT2D eigenvalue weighted by atomic mass is 32.1. The monoisotopic (exact) mass is 266 g/mol. The third-order valence-corrected chi connectivity index (χ3v) is 4.54. The van der Waals surface area contributed by atoms with E-state index in [1.807, 2.05) is 23.2 Å². The van der Waals surface area contributed by atoms with Crippen molar-refractivity contribution in [3.05, 3.63) is 23.2 Å². The summed E-state index contributed by atoms with van der Waals surface area (Å²) >= 11 is 3.44. The molecule has 3 rings (SSSR count). The Balaban J connectivity index is 1.68. The van der Waals surface area contributed by atoms with Crippen molar-refractivity contribution in [3.8, 4) is 0 Å². The molecule has 3 heterocycles. The van der Waals surface area contributed by atoms with E-state index in [-0.39, 0.29) is 0 Å². The summed E-state index contributed by atoms with van der Waals surface area (Å²) in [6.07, 6.45) is 4.92. The van der Waals surface area contributed by atoms with Gasteiger partial charge >= 0.3 is 0 Å². The zero-order chi connectivity index (χ0) is 11.5. The number of hydrogen-bond acceptors (Lipinski definition) is 6. The highest BCUT2D eigenvalue weighted by Gasteiger charge is 2.17. The van der Waals surface area contributed by atoms with Crippen LogP contribution in [0.3, 0.4) is 0 Å². The normalized spacial score (nSPS) is 17.2. The van der Waals surface area contributed by atoms with Crippen LogP contribution in [0.1, 0.15) is 6.42 Å². The van der Waals surface area contributed by atoms with Gasteiger partial charge in [-0.2, -0.15) is 0 Å². The van der Waals surface area contributed by atoms with E-state index in [4.69, 9.17) is 0 Å². The Kier molecular flexibility index (Phi) is 3.24. The summed E-state index contributed by atoms with van der Waals surface area (Å²) in [7, 11) is 0. The molecule has 1 fully saturated rings. The van der Waals surface area contributed by atoms with Crippen LogP contribution < -0.4 is 9.80 Å². The molecule has 0 saturated carbocycles. The minimum absolute atomic E-state index is 1.03. The van der Waals surface area contributed by atoms with Crippen LogP contribution in [0.4, 0.5) is 10.3 Å². The minimum atomic E-state index is 1.03. The van der Waals surface area contributed by atoms with Gasteiger partial charge in [0.1, 0.15) is 0 Å². The molecule has 0 amide bonds. The maximum atomic E-state index is 4.38. The molecule has 0 unspecified atom stereocenters. The molecule has 1 aliphatic rings. The van der Waals surface area contributed by atoms with Crippen LogP contribution in [0.2, 0.25) is 0 Å². The van der Waals surface area contributed by atoms with E-state index in [1.165, 1.54) is 6.42 Å². The lowest BCUT2D eigenvalue weighted by Crippen LogP contribution is -2.30. The van der Waals surface area contributed by atoms with Crippen LogP contribution in [0, 0.1) is 0 Å². The van der Waals surface area contributed by atoms with Crippen LogP contribution in [0.25, 0.3) is 0 Å². The van der Waals surface area contributed by atoms with Crippen LogP contribution in [0.5, 0.6) is 0 Å². The fraction of sp³-hybridized carbons (Fsp3) is 0.455. The van der Waals surface area contributed by atoms with Crippen LogP contribution in [-0.4, -0.2) is 36.1 Å². The first-order chi connectivity index (χ1) is 8.43. The largest absolute Gasteiger partial charge is 0.346 e. The van der Waals surface area contributed by atoms with Gasteiger partial charge in [0.25, 0.3) is 0 Å². The summed E-state index contributed by atoms with van der Waals surface area (Å²) in [5, 5.41) is 6.37. The van der Waals surface area contributed by atoms with Crippen molar-refractivity contribution < 1.29 is 0 Å².